The molecule has 1 heteroatoms. The summed E-state index contributed by atoms with van der Waals surface area (Å²) < 4.78 is 6.31. The van der Waals surface area contributed by atoms with Gasteiger partial charge in [0.2, 0.25) is 0 Å². The third kappa shape index (κ3) is 4.75. The van der Waals surface area contributed by atoms with Crippen LogP contribution in [-0.2, 0) is 6.42 Å². The Kier molecular flexibility index (Phi) is 6.57. The molecule has 0 aliphatic rings. The van der Waals surface area contributed by atoms with Crippen LogP contribution in [0.1, 0.15) is 22.3 Å². The number of benzene rings is 5. The first-order valence-corrected chi connectivity index (χ1v) is 12.9. The fourth-order valence-corrected chi connectivity index (χ4v) is 5.08. The molecule has 1 aromatic heterocycles. The Bertz CT molecular complexity index is 1780. The van der Waals surface area contributed by atoms with Gasteiger partial charge in [-0.2, -0.15) is 0 Å². The molecular weight excluding hydrogens is 460 g/mol. The first kappa shape index (κ1) is 23.5. The van der Waals surface area contributed by atoms with Crippen LogP contribution < -0.4 is 0 Å². The molecule has 0 radical (unpaired) electrons. The molecule has 0 atom stereocenters. The van der Waals surface area contributed by atoms with E-state index in [9.17, 15) is 0 Å². The van der Waals surface area contributed by atoms with Gasteiger partial charge in [0.25, 0.3) is 0 Å². The van der Waals surface area contributed by atoms with Crippen molar-refractivity contribution in [2.24, 2.45) is 0 Å². The minimum Gasteiger partial charge on any atom is -0.456 e. The Hall–Kier alpha value is -4.88. The summed E-state index contributed by atoms with van der Waals surface area (Å²) in [7, 11) is 0. The third-order valence-corrected chi connectivity index (χ3v) is 6.94. The Balaban J connectivity index is 1.46. The highest BCUT2D eigenvalue weighted by molar-refractivity contribution is 6.07. The van der Waals surface area contributed by atoms with Crippen molar-refractivity contribution in [3.8, 4) is 11.1 Å². The highest BCUT2D eigenvalue weighted by Crippen LogP contribution is 2.36. The van der Waals surface area contributed by atoms with Gasteiger partial charge in [0, 0.05) is 10.8 Å². The van der Waals surface area contributed by atoms with Crippen molar-refractivity contribution in [2.45, 2.75) is 6.42 Å². The molecule has 5 aromatic carbocycles. The number of furan rings is 1. The zero-order valence-electron chi connectivity index (χ0n) is 21.2. The second-order valence-corrected chi connectivity index (χ2v) is 9.41. The minimum atomic E-state index is 0.874. The van der Waals surface area contributed by atoms with Crippen molar-refractivity contribution >= 4 is 27.5 Å². The van der Waals surface area contributed by atoms with Crippen molar-refractivity contribution < 1.29 is 4.42 Å². The summed E-state index contributed by atoms with van der Waals surface area (Å²) in [5.74, 6) is 0. The lowest BCUT2D eigenvalue weighted by Gasteiger charge is -2.14. The monoisotopic (exact) mass is 488 g/mol. The summed E-state index contributed by atoms with van der Waals surface area (Å²) in [6.07, 6.45) is 8.89. The van der Waals surface area contributed by atoms with E-state index in [0.717, 1.165) is 39.5 Å². The summed E-state index contributed by atoms with van der Waals surface area (Å²) in [5, 5.41) is 2.25. The lowest BCUT2D eigenvalue weighted by molar-refractivity contribution is 0.669. The molecule has 1 nitrogen and oxygen atoms in total. The molecule has 0 fully saturated rings. The van der Waals surface area contributed by atoms with Gasteiger partial charge in [-0.15, -0.1) is 0 Å². The predicted octanol–water partition coefficient (Wildman–Crippen LogP) is 10.0. The molecule has 38 heavy (non-hydrogen) atoms. The van der Waals surface area contributed by atoms with Crippen LogP contribution in [0.4, 0.5) is 0 Å². The molecule has 0 spiro atoms. The maximum Gasteiger partial charge on any atom is 0.136 e. The molecule has 6 aromatic rings. The predicted molar refractivity (Wildman–Crippen MR) is 161 cm³/mol. The lowest BCUT2D eigenvalue weighted by Crippen LogP contribution is -1.97. The van der Waals surface area contributed by atoms with E-state index >= 15 is 0 Å². The van der Waals surface area contributed by atoms with E-state index in [1.807, 2.05) is 12.1 Å². The van der Waals surface area contributed by atoms with E-state index in [2.05, 4.69) is 134 Å². The molecule has 0 N–H and O–H groups in total. The van der Waals surface area contributed by atoms with Gasteiger partial charge in [0.1, 0.15) is 11.2 Å². The second-order valence-electron chi connectivity index (χ2n) is 9.41. The molecule has 182 valence electrons. The van der Waals surface area contributed by atoms with Crippen molar-refractivity contribution in [1.29, 1.82) is 0 Å². The number of rotatable bonds is 7. The molecule has 1 heterocycles. The smallest absolute Gasteiger partial charge is 0.136 e. The van der Waals surface area contributed by atoms with Gasteiger partial charge >= 0.3 is 0 Å². The Morgan fingerprint density at radius 1 is 0.632 bits per heavy atom. The molecule has 0 aliphatic carbocycles. The van der Waals surface area contributed by atoms with Gasteiger partial charge in [-0.05, 0) is 69.6 Å². The molecule has 0 saturated heterocycles. The highest BCUT2D eigenvalue weighted by Gasteiger charge is 2.14. The maximum atomic E-state index is 6.31. The second kappa shape index (κ2) is 10.6. The van der Waals surface area contributed by atoms with Gasteiger partial charge < -0.3 is 4.42 Å². The minimum absolute atomic E-state index is 0.874. The number of hydrogen-bond acceptors (Lipinski definition) is 1. The average molecular weight is 489 g/mol. The van der Waals surface area contributed by atoms with E-state index in [0.29, 0.717) is 0 Å². The number of allylic oxidation sites excluding steroid dienone is 4. The molecule has 6 rings (SSSR count). The summed E-state index contributed by atoms with van der Waals surface area (Å²) in [5.41, 5.74) is 10.3. The fraction of sp³-hybridized carbons (Fsp3) is 0.0270. The maximum absolute atomic E-state index is 6.31. The topological polar surface area (TPSA) is 13.1 Å². The summed E-state index contributed by atoms with van der Waals surface area (Å²) >= 11 is 0. The van der Waals surface area contributed by atoms with E-state index in [4.69, 9.17) is 4.42 Å². The molecule has 0 bridgehead atoms. The van der Waals surface area contributed by atoms with Crippen LogP contribution in [-0.4, -0.2) is 0 Å². The number of hydrogen-bond donors (Lipinski definition) is 0. The third-order valence-electron chi connectivity index (χ3n) is 6.94. The normalized spacial score (nSPS) is 11.9. The van der Waals surface area contributed by atoms with Crippen molar-refractivity contribution in [3.63, 3.8) is 0 Å². The lowest BCUT2D eigenvalue weighted by atomic mass is 9.90. The van der Waals surface area contributed by atoms with Crippen LogP contribution in [0.3, 0.4) is 0 Å². The quantitative estimate of drug-likeness (QED) is 0.204. The standard InChI is InChI=1S/C37H28O/c1-2-3-6-18-33(32-19-12-11-17-30(32)24-27-13-7-4-8-14-27)31-21-23-36-35(25-31)34-22-20-29(26-37(34)38-36)28-15-9-5-10-16-28/h2-23,25-26H,1,24H2/b6-3-,33-18+. The van der Waals surface area contributed by atoms with Gasteiger partial charge in [-0.3, -0.25) is 0 Å². The zero-order valence-corrected chi connectivity index (χ0v) is 21.2. The van der Waals surface area contributed by atoms with Gasteiger partial charge in [-0.1, -0.05) is 128 Å². The van der Waals surface area contributed by atoms with Crippen LogP contribution in [0.25, 0.3) is 38.6 Å². The van der Waals surface area contributed by atoms with Crippen molar-refractivity contribution in [3.05, 3.63) is 174 Å². The Labute approximate surface area is 223 Å². The van der Waals surface area contributed by atoms with Crippen molar-refractivity contribution in [2.75, 3.05) is 0 Å². The van der Waals surface area contributed by atoms with Crippen LogP contribution >= 0.6 is 0 Å². The largest absolute Gasteiger partial charge is 0.456 e. The van der Waals surface area contributed by atoms with E-state index < -0.39 is 0 Å². The molecule has 0 saturated carbocycles. The van der Waals surface area contributed by atoms with Crippen LogP contribution in [0.15, 0.2) is 157 Å². The first-order valence-electron chi connectivity index (χ1n) is 12.9. The van der Waals surface area contributed by atoms with E-state index in [1.54, 1.807) is 6.08 Å². The van der Waals surface area contributed by atoms with Gasteiger partial charge in [-0.25, -0.2) is 0 Å². The average Bonchev–Trinajstić information content (AvgIpc) is 3.34. The Morgan fingerprint density at radius 3 is 2.21 bits per heavy atom. The molecule has 0 aliphatic heterocycles. The van der Waals surface area contributed by atoms with E-state index in [-0.39, 0.29) is 0 Å². The zero-order chi connectivity index (χ0) is 25.7. The van der Waals surface area contributed by atoms with Crippen molar-refractivity contribution in [1.82, 2.24) is 0 Å². The molecular formula is C37H28O. The SMILES string of the molecule is C=C/C=C\C=C(/c1ccc2oc3cc(-c4ccccc4)ccc3c2c1)c1ccccc1Cc1ccccc1. The first-order chi connectivity index (χ1) is 18.8. The van der Waals surface area contributed by atoms with E-state index in [1.165, 1.54) is 27.8 Å². The summed E-state index contributed by atoms with van der Waals surface area (Å²) in [4.78, 5) is 0. The fourth-order valence-electron chi connectivity index (χ4n) is 5.08. The van der Waals surface area contributed by atoms with Gasteiger partial charge in [0.15, 0.2) is 0 Å². The molecule has 0 amide bonds. The van der Waals surface area contributed by atoms with Crippen LogP contribution in [0, 0.1) is 0 Å². The number of fused-ring (bicyclic) bond motifs is 3. The van der Waals surface area contributed by atoms with Crippen LogP contribution in [0.5, 0.6) is 0 Å². The summed E-state index contributed by atoms with van der Waals surface area (Å²) in [6.45, 7) is 3.85. The highest BCUT2D eigenvalue weighted by atomic mass is 16.3. The van der Waals surface area contributed by atoms with Crippen LogP contribution in [0.2, 0.25) is 0 Å². The summed E-state index contributed by atoms with van der Waals surface area (Å²) in [6, 6.07) is 42.8. The Morgan fingerprint density at radius 2 is 1.39 bits per heavy atom. The molecule has 0 unspecified atom stereocenters. The van der Waals surface area contributed by atoms with Gasteiger partial charge in [0.05, 0.1) is 0 Å².